The molecule has 0 aromatic carbocycles. The molecule has 1 heterocycles. The predicted octanol–water partition coefficient (Wildman–Crippen LogP) is 2.00. The van der Waals surface area contributed by atoms with Gasteiger partial charge in [0, 0.05) is 18.6 Å². The minimum Gasteiger partial charge on any atom is -0.391 e. The Morgan fingerprint density at radius 1 is 1.11 bits per heavy atom. The summed E-state index contributed by atoms with van der Waals surface area (Å²) in [6.45, 7) is 4.65. The van der Waals surface area contributed by atoms with Gasteiger partial charge >= 0.3 is 0 Å². The molecule has 0 radical (unpaired) electrons. The standard InChI is InChI=1S/C15H30N2O/c1-12(16-2)13-7-6-10-17(11-13)14-8-4-3-5-9-15(14)18/h12-16,18H,3-11H2,1-2H3. The summed E-state index contributed by atoms with van der Waals surface area (Å²) >= 11 is 0. The molecule has 2 N–H and O–H groups in total. The fourth-order valence-electron chi connectivity index (χ4n) is 3.68. The molecule has 3 nitrogen and oxygen atoms in total. The quantitative estimate of drug-likeness (QED) is 0.756. The minimum atomic E-state index is -0.0869. The van der Waals surface area contributed by atoms with Crippen LogP contribution in [-0.2, 0) is 0 Å². The van der Waals surface area contributed by atoms with Gasteiger partial charge in [0.25, 0.3) is 0 Å². The van der Waals surface area contributed by atoms with E-state index >= 15 is 0 Å². The Kier molecular flexibility index (Phi) is 5.46. The summed E-state index contributed by atoms with van der Waals surface area (Å²) in [4.78, 5) is 2.58. The van der Waals surface area contributed by atoms with Gasteiger partial charge in [0.15, 0.2) is 0 Å². The third-order valence-electron chi connectivity index (χ3n) is 5.06. The van der Waals surface area contributed by atoms with Crippen LogP contribution in [0.3, 0.4) is 0 Å². The van der Waals surface area contributed by atoms with Crippen molar-refractivity contribution in [1.82, 2.24) is 10.2 Å². The molecule has 3 heteroatoms. The Morgan fingerprint density at radius 2 is 1.89 bits per heavy atom. The second-order valence-electron chi connectivity index (χ2n) is 6.25. The van der Waals surface area contributed by atoms with Crippen molar-refractivity contribution in [3.05, 3.63) is 0 Å². The lowest BCUT2D eigenvalue weighted by atomic mass is 9.89. The average Bonchev–Trinajstić information content (AvgIpc) is 2.62. The van der Waals surface area contributed by atoms with Gasteiger partial charge in [0.05, 0.1) is 6.10 Å². The zero-order valence-corrected chi connectivity index (χ0v) is 12.1. The van der Waals surface area contributed by atoms with E-state index in [9.17, 15) is 5.11 Å². The van der Waals surface area contributed by atoms with Gasteiger partial charge in [-0.15, -0.1) is 0 Å². The number of nitrogens with zero attached hydrogens (tertiary/aromatic N) is 1. The van der Waals surface area contributed by atoms with Crippen molar-refractivity contribution in [3.63, 3.8) is 0 Å². The van der Waals surface area contributed by atoms with Crippen molar-refractivity contribution in [3.8, 4) is 0 Å². The van der Waals surface area contributed by atoms with E-state index in [0.29, 0.717) is 12.1 Å². The number of likely N-dealkylation sites (tertiary alicyclic amines) is 1. The van der Waals surface area contributed by atoms with Gasteiger partial charge in [0.2, 0.25) is 0 Å². The van der Waals surface area contributed by atoms with Crippen molar-refractivity contribution >= 4 is 0 Å². The first-order valence-corrected chi connectivity index (χ1v) is 7.81. The normalized spacial score (nSPS) is 37.2. The number of nitrogens with one attached hydrogen (secondary N) is 1. The van der Waals surface area contributed by atoms with Crippen LogP contribution in [0, 0.1) is 5.92 Å². The molecule has 4 atom stereocenters. The zero-order chi connectivity index (χ0) is 13.0. The van der Waals surface area contributed by atoms with Crippen LogP contribution in [0.5, 0.6) is 0 Å². The van der Waals surface area contributed by atoms with Crippen LogP contribution in [0.1, 0.15) is 51.9 Å². The molecule has 1 saturated carbocycles. The maximum atomic E-state index is 10.3. The molecule has 0 bridgehead atoms. The summed E-state index contributed by atoms with van der Waals surface area (Å²) in [5.74, 6) is 0.749. The van der Waals surface area contributed by atoms with Crippen molar-refractivity contribution in [2.24, 2.45) is 5.92 Å². The monoisotopic (exact) mass is 254 g/mol. The molecule has 2 fully saturated rings. The summed E-state index contributed by atoms with van der Waals surface area (Å²) in [5.41, 5.74) is 0. The van der Waals surface area contributed by atoms with Gasteiger partial charge in [-0.05, 0) is 52.1 Å². The molecule has 2 aliphatic rings. The molecule has 0 amide bonds. The van der Waals surface area contributed by atoms with E-state index in [0.717, 1.165) is 12.3 Å². The highest BCUT2D eigenvalue weighted by atomic mass is 16.3. The first-order valence-electron chi connectivity index (χ1n) is 7.81. The first-order chi connectivity index (χ1) is 8.72. The van der Waals surface area contributed by atoms with E-state index in [-0.39, 0.29) is 6.10 Å². The largest absolute Gasteiger partial charge is 0.391 e. The van der Waals surface area contributed by atoms with Crippen LogP contribution in [0.25, 0.3) is 0 Å². The van der Waals surface area contributed by atoms with Gasteiger partial charge in [-0.1, -0.05) is 19.3 Å². The van der Waals surface area contributed by atoms with Crippen molar-refractivity contribution in [2.75, 3.05) is 20.1 Å². The van der Waals surface area contributed by atoms with Crippen molar-refractivity contribution in [1.29, 1.82) is 0 Å². The average molecular weight is 254 g/mol. The number of hydrogen-bond acceptors (Lipinski definition) is 3. The maximum absolute atomic E-state index is 10.3. The van der Waals surface area contributed by atoms with E-state index in [2.05, 4.69) is 24.2 Å². The number of piperidine rings is 1. The lowest BCUT2D eigenvalue weighted by molar-refractivity contribution is 0.0166. The van der Waals surface area contributed by atoms with Gasteiger partial charge in [-0.3, -0.25) is 4.90 Å². The fraction of sp³-hybridized carbons (Fsp3) is 1.00. The van der Waals surface area contributed by atoms with E-state index in [1.54, 1.807) is 0 Å². The van der Waals surface area contributed by atoms with Gasteiger partial charge in [-0.2, -0.15) is 0 Å². The molecule has 1 saturated heterocycles. The third-order valence-corrected chi connectivity index (χ3v) is 5.06. The Balaban J connectivity index is 1.94. The highest BCUT2D eigenvalue weighted by Gasteiger charge is 2.32. The topological polar surface area (TPSA) is 35.5 Å². The fourth-order valence-corrected chi connectivity index (χ4v) is 3.68. The maximum Gasteiger partial charge on any atom is 0.0695 e. The van der Waals surface area contributed by atoms with Crippen molar-refractivity contribution < 1.29 is 5.11 Å². The molecular formula is C15H30N2O. The molecule has 0 aromatic rings. The molecule has 0 spiro atoms. The first kappa shape index (κ1) is 14.3. The Hall–Kier alpha value is -0.120. The van der Waals surface area contributed by atoms with E-state index in [1.807, 2.05) is 0 Å². The summed E-state index contributed by atoms with van der Waals surface area (Å²) in [5, 5.41) is 13.7. The summed E-state index contributed by atoms with van der Waals surface area (Å²) in [7, 11) is 2.06. The molecule has 2 rings (SSSR count). The lowest BCUT2D eigenvalue weighted by Gasteiger charge is -2.41. The van der Waals surface area contributed by atoms with Crippen LogP contribution in [0.15, 0.2) is 0 Å². The highest BCUT2D eigenvalue weighted by Crippen LogP contribution is 2.28. The number of aliphatic hydroxyl groups excluding tert-OH is 1. The SMILES string of the molecule is CNC(C)C1CCCN(C2CCCCCC2O)C1. The third kappa shape index (κ3) is 3.46. The zero-order valence-electron chi connectivity index (χ0n) is 12.1. The molecular weight excluding hydrogens is 224 g/mol. The van der Waals surface area contributed by atoms with E-state index in [4.69, 9.17) is 0 Å². The van der Waals surface area contributed by atoms with E-state index < -0.39 is 0 Å². The minimum absolute atomic E-state index is 0.0869. The van der Waals surface area contributed by atoms with Gasteiger partial charge < -0.3 is 10.4 Å². The van der Waals surface area contributed by atoms with Crippen LogP contribution >= 0.6 is 0 Å². The van der Waals surface area contributed by atoms with Crippen LogP contribution in [-0.4, -0.2) is 48.3 Å². The summed E-state index contributed by atoms with van der Waals surface area (Å²) in [6, 6.07) is 1.02. The van der Waals surface area contributed by atoms with Crippen LogP contribution < -0.4 is 5.32 Å². The summed E-state index contributed by atoms with van der Waals surface area (Å²) in [6.07, 6.45) is 8.55. The van der Waals surface area contributed by atoms with Crippen LogP contribution in [0.2, 0.25) is 0 Å². The predicted molar refractivity (Wildman–Crippen MR) is 75.7 cm³/mol. The Labute approximate surface area is 112 Å². The second kappa shape index (κ2) is 6.88. The van der Waals surface area contributed by atoms with Crippen LogP contribution in [0.4, 0.5) is 0 Å². The Morgan fingerprint density at radius 3 is 2.67 bits per heavy atom. The number of aliphatic hydroxyl groups is 1. The van der Waals surface area contributed by atoms with Gasteiger partial charge in [-0.25, -0.2) is 0 Å². The molecule has 1 aliphatic heterocycles. The molecule has 106 valence electrons. The lowest BCUT2D eigenvalue weighted by Crippen LogP contribution is -2.51. The van der Waals surface area contributed by atoms with Crippen molar-refractivity contribution in [2.45, 2.75) is 70.1 Å². The molecule has 0 aromatic heterocycles. The Bertz CT molecular complexity index is 247. The van der Waals surface area contributed by atoms with E-state index in [1.165, 1.54) is 51.6 Å². The highest BCUT2D eigenvalue weighted by molar-refractivity contribution is 4.87. The molecule has 18 heavy (non-hydrogen) atoms. The molecule has 4 unspecified atom stereocenters. The number of rotatable bonds is 3. The number of hydrogen-bond donors (Lipinski definition) is 2. The smallest absolute Gasteiger partial charge is 0.0695 e. The molecule has 1 aliphatic carbocycles. The van der Waals surface area contributed by atoms with Gasteiger partial charge in [0.1, 0.15) is 0 Å². The summed E-state index contributed by atoms with van der Waals surface area (Å²) < 4.78 is 0. The second-order valence-corrected chi connectivity index (χ2v) is 6.25.